The summed E-state index contributed by atoms with van der Waals surface area (Å²) in [5, 5.41) is 0. The first kappa shape index (κ1) is 10.7. The molecule has 0 unspecified atom stereocenters. The molecule has 0 aliphatic rings. The minimum absolute atomic E-state index is 0.117. The summed E-state index contributed by atoms with van der Waals surface area (Å²) in [4.78, 5) is 11.1. The van der Waals surface area contributed by atoms with Gasteiger partial charge in [0.2, 0.25) is 0 Å². The van der Waals surface area contributed by atoms with Crippen molar-refractivity contribution in [2.24, 2.45) is 0 Å². The van der Waals surface area contributed by atoms with E-state index in [9.17, 15) is 4.79 Å². The van der Waals surface area contributed by atoms with Crippen LogP contribution < -0.4 is 2.70 Å². The fraction of sp³-hybridized carbons (Fsp3) is 0.300. The van der Waals surface area contributed by atoms with Crippen LogP contribution in [0.4, 0.5) is 5.69 Å². The van der Waals surface area contributed by atoms with Crippen molar-refractivity contribution in [1.29, 1.82) is 0 Å². The molecule has 2 nitrogen and oxygen atoms in total. The summed E-state index contributed by atoms with van der Waals surface area (Å²) in [5.74, 6) is 0.117. The number of carbonyl (C=O) groups is 1. The molecule has 0 fully saturated rings. The predicted molar refractivity (Wildman–Crippen MR) is 64.1 cm³/mol. The van der Waals surface area contributed by atoms with Gasteiger partial charge in [0.15, 0.2) is 5.78 Å². The van der Waals surface area contributed by atoms with E-state index in [0.29, 0.717) is 2.70 Å². The van der Waals surface area contributed by atoms with Crippen molar-refractivity contribution in [3.05, 3.63) is 29.8 Å². The monoisotopic (exact) mass is 290 g/mol. The maximum Gasteiger partial charge on any atom is 0.254 e. The number of nitrogens with zero attached hydrogens (tertiary/aromatic N) is 1. The Morgan fingerprint density at radius 1 is 1.38 bits per heavy atom. The lowest BCUT2D eigenvalue weighted by molar-refractivity contribution is 0.101. The van der Waals surface area contributed by atoms with Crippen LogP contribution in [0.5, 0.6) is 0 Å². The molecule has 70 valence electrons. The number of Topliss-reactive ketones (excluding diaryl/α,β-unsaturated/α-hetero) is 1. The molecule has 0 radical (unpaired) electrons. The highest BCUT2D eigenvalue weighted by atomic mass is 127. The van der Waals surface area contributed by atoms with Gasteiger partial charge in [0, 0.05) is 11.6 Å². The minimum atomic E-state index is 0.117. The van der Waals surface area contributed by atoms with Crippen LogP contribution >= 0.6 is 22.9 Å². The molecule has 0 saturated heterocycles. The van der Waals surface area contributed by atoms with Crippen molar-refractivity contribution in [3.63, 3.8) is 0 Å². The summed E-state index contributed by atoms with van der Waals surface area (Å²) in [7, 11) is 4.14. The van der Waals surface area contributed by atoms with E-state index in [4.69, 9.17) is 0 Å². The fourth-order valence-corrected chi connectivity index (χ4v) is 1.36. The molecule has 1 rings (SSSR count). The van der Waals surface area contributed by atoms with Crippen molar-refractivity contribution >= 4 is 34.3 Å². The van der Waals surface area contributed by atoms with E-state index in [1.54, 1.807) is 6.92 Å². The van der Waals surface area contributed by atoms with Crippen molar-refractivity contribution in [2.75, 3.05) is 14.1 Å². The molecule has 3 heteroatoms. The summed E-state index contributed by atoms with van der Waals surface area (Å²) in [5.41, 5.74) is 1.91. The van der Waals surface area contributed by atoms with E-state index in [1.165, 1.54) is 0 Å². The Morgan fingerprint density at radius 2 is 2.00 bits per heavy atom. The zero-order valence-electron chi connectivity index (χ0n) is 8.04. The molecule has 0 amide bonds. The summed E-state index contributed by atoms with van der Waals surface area (Å²) < 4.78 is 0.707. The molecule has 0 N–H and O–H groups in total. The molecule has 1 aromatic carbocycles. The SMILES string of the molecule is CC(=O)c1cccc([N+](C)(C)I)c1. The predicted octanol–water partition coefficient (Wildman–Crippen LogP) is 2.81. The summed E-state index contributed by atoms with van der Waals surface area (Å²) >= 11 is 2.31. The molecule has 0 spiro atoms. The van der Waals surface area contributed by atoms with E-state index in [1.807, 2.05) is 24.3 Å². The number of quaternary nitrogens is 1. The molecule has 13 heavy (non-hydrogen) atoms. The number of benzene rings is 1. The zero-order valence-corrected chi connectivity index (χ0v) is 10.2. The fourth-order valence-electron chi connectivity index (χ4n) is 1.06. The third-order valence-corrected chi connectivity index (χ3v) is 2.42. The van der Waals surface area contributed by atoms with Gasteiger partial charge >= 0.3 is 0 Å². The maximum absolute atomic E-state index is 11.1. The average Bonchev–Trinajstić information content (AvgIpc) is 2.03. The molecule has 1 aromatic rings. The summed E-state index contributed by atoms with van der Waals surface area (Å²) in [6, 6.07) is 7.73. The van der Waals surface area contributed by atoms with Crippen LogP contribution in [0.3, 0.4) is 0 Å². The quantitative estimate of drug-likeness (QED) is 0.465. The van der Waals surface area contributed by atoms with Gasteiger partial charge in [-0.05, 0) is 13.0 Å². The van der Waals surface area contributed by atoms with Gasteiger partial charge in [-0.25, -0.2) is 2.70 Å². The van der Waals surface area contributed by atoms with Crippen LogP contribution in [-0.4, -0.2) is 19.9 Å². The molecule has 0 aliphatic carbocycles. The highest BCUT2D eigenvalue weighted by Crippen LogP contribution is 2.24. The van der Waals surface area contributed by atoms with Crippen molar-refractivity contribution in [2.45, 2.75) is 6.92 Å². The van der Waals surface area contributed by atoms with Crippen LogP contribution in [0.15, 0.2) is 24.3 Å². The third kappa shape index (κ3) is 2.77. The number of carbonyl (C=O) groups excluding carboxylic acids is 1. The second-order valence-corrected chi connectivity index (χ2v) is 5.84. The van der Waals surface area contributed by atoms with Crippen LogP contribution in [0.1, 0.15) is 17.3 Å². The number of rotatable bonds is 2. The van der Waals surface area contributed by atoms with Crippen LogP contribution in [0, 0.1) is 0 Å². The second kappa shape index (κ2) is 3.75. The Bertz CT molecular complexity index is 328. The zero-order chi connectivity index (χ0) is 10.1. The number of ketones is 1. The van der Waals surface area contributed by atoms with Crippen molar-refractivity contribution in [1.82, 2.24) is 2.70 Å². The number of halogens is 1. The molecule has 0 saturated carbocycles. The summed E-state index contributed by atoms with van der Waals surface area (Å²) in [6.45, 7) is 1.59. The average molecular weight is 290 g/mol. The molecule has 0 aliphatic heterocycles. The van der Waals surface area contributed by atoms with Gasteiger partial charge in [-0.1, -0.05) is 12.1 Å². The largest absolute Gasteiger partial charge is 0.295 e. The van der Waals surface area contributed by atoms with Gasteiger partial charge in [0.1, 0.15) is 5.69 Å². The molecule has 0 bridgehead atoms. The van der Waals surface area contributed by atoms with Gasteiger partial charge in [0.25, 0.3) is 22.9 Å². The van der Waals surface area contributed by atoms with E-state index in [0.717, 1.165) is 11.3 Å². The first-order chi connectivity index (χ1) is 5.91. The lowest BCUT2D eigenvalue weighted by atomic mass is 10.1. The lowest BCUT2D eigenvalue weighted by Gasteiger charge is -2.19. The van der Waals surface area contributed by atoms with Crippen LogP contribution in [0.2, 0.25) is 0 Å². The molecule has 0 atom stereocenters. The molecular weight excluding hydrogens is 277 g/mol. The Labute approximate surface area is 92.6 Å². The van der Waals surface area contributed by atoms with Crippen LogP contribution in [-0.2, 0) is 0 Å². The van der Waals surface area contributed by atoms with Gasteiger partial charge in [-0.15, -0.1) is 0 Å². The Hall–Kier alpha value is -0.420. The van der Waals surface area contributed by atoms with E-state index in [2.05, 4.69) is 37.0 Å². The third-order valence-electron chi connectivity index (χ3n) is 1.87. The van der Waals surface area contributed by atoms with Crippen molar-refractivity contribution in [3.8, 4) is 0 Å². The Morgan fingerprint density at radius 3 is 2.46 bits per heavy atom. The minimum Gasteiger partial charge on any atom is -0.295 e. The van der Waals surface area contributed by atoms with Crippen LogP contribution in [0.25, 0.3) is 0 Å². The Kier molecular flexibility index (Phi) is 3.08. The first-order valence-corrected chi connectivity index (χ1v) is 5.03. The van der Waals surface area contributed by atoms with Gasteiger partial charge in [-0.2, -0.15) is 0 Å². The standard InChI is InChI=1S/C10H13INO/c1-8(13)9-5-4-6-10(7-9)12(2,3)11/h4-7H,1-3H3/q+1. The van der Waals surface area contributed by atoms with Crippen molar-refractivity contribution < 1.29 is 4.79 Å². The molecular formula is C10H13INO+. The van der Waals surface area contributed by atoms with Gasteiger partial charge < -0.3 is 0 Å². The topological polar surface area (TPSA) is 17.1 Å². The normalized spacial score (nSPS) is 11.4. The second-order valence-electron chi connectivity index (χ2n) is 3.42. The van der Waals surface area contributed by atoms with E-state index >= 15 is 0 Å². The highest BCUT2D eigenvalue weighted by molar-refractivity contribution is 14.1. The maximum atomic E-state index is 11.1. The van der Waals surface area contributed by atoms with Gasteiger partial charge in [0.05, 0.1) is 14.1 Å². The molecule has 0 heterocycles. The smallest absolute Gasteiger partial charge is 0.254 e. The first-order valence-electron chi connectivity index (χ1n) is 4.06. The number of hydrogen-bond donors (Lipinski definition) is 0. The highest BCUT2D eigenvalue weighted by Gasteiger charge is 2.15. The Balaban J connectivity index is 3.13. The molecule has 0 aromatic heterocycles. The van der Waals surface area contributed by atoms with Gasteiger partial charge in [-0.3, -0.25) is 4.79 Å². The number of hydrogen-bond acceptors (Lipinski definition) is 1. The van der Waals surface area contributed by atoms with E-state index < -0.39 is 0 Å². The van der Waals surface area contributed by atoms with E-state index in [-0.39, 0.29) is 5.78 Å². The summed E-state index contributed by atoms with van der Waals surface area (Å²) in [6.07, 6.45) is 0. The lowest BCUT2D eigenvalue weighted by Crippen LogP contribution is -2.26.